The molecule has 0 aromatic heterocycles. The van der Waals surface area contributed by atoms with Gasteiger partial charge in [0.1, 0.15) is 11.2 Å². The monoisotopic (exact) mass is 540 g/mol. The molecular weight excluding hydrogens is 487 g/mol. The van der Waals surface area contributed by atoms with Gasteiger partial charge in [0.15, 0.2) is 0 Å². The van der Waals surface area contributed by atoms with E-state index in [1.54, 1.807) is 0 Å². The van der Waals surface area contributed by atoms with Crippen LogP contribution in [0.1, 0.15) is 128 Å². The third-order valence-corrected chi connectivity index (χ3v) is 9.48. The number of ether oxygens (including phenoxy) is 2. The van der Waals surface area contributed by atoms with Crippen LogP contribution in [0.25, 0.3) is 0 Å². The van der Waals surface area contributed by atoms with Crippen molar-refractivity contribution in [2.24, 2.45) is 11.8 Å². The molecule has 4 heterocycles. The summed E-state index contributed by atoms with van der Waals surface area (Å²) in [4.78, 5) is 29.3. The number of piperidine rings is 4. The van der Waals surface area contributed by atoms with Gasteiger partial charge in [0.25, 0.3) is 0 Å². The Labute approximate surface area is 255 Å². The zero-order chi connectivity index (χ0) is 27.8. The number of carbonyl (C=O) groups is 2. The van der Waals surface area contributed by atoms with E-state index in [4.69, 9.17) is 9.47 Å². The van der Waals surface area contributed by atoms with Crippen LogP contribution < -0.4 is 29.6 Å². The molecule has 0 aromatic rings. The predicted octanol–water partition coefficient (Wildman–Crippen LogP) is 4.97. The molecule has 6 rings (SSSR count). The molecule has 2 aliphatic carbocycles. The van der Waals surface area contributed by atoms with E-state index in [0.29, 0.717) is 0 Å². The third-order valence-electron chi connectivity index (χ3n) is 9.48. The van der Waals surface area contributed by atoms with Crippen molar-refractivity contribution in [2.45, 2.75) is 160 Å². The largest absolute Gasteiger partial charge is 1.00 e. The summed E-state index contributed by atoms with van der Waals surface area (Å²) in [5, 5.41) is 0. The molecule has 6 bridgehead atoms. The Kier molecular flexibility index (Phi) is 8.35. The van der Waals surface area contributed by atoms with Gasteiger partial charge in [-0.25, -0.2) is 9.59 Å². The van der Waals surface area contributed by atoms with E-state index in [-0.39, 0.29) is 65.3 Å². The Bertz CT molecular complexity index is 915. The Morgan fingerprint density at radius 1 is 0.737 bits per heavy atom. The summed E-state index contributed by atoms with van der Waals surface area (Å²) in [5.41, 5.74) is 0.278. The molecular formula is C31H53N2NaO4. The number of amides is 2. The van der Waals surface area contributed by atoms with Gasteiger partial charge >= 0.3 is 41.7 Å². The van der Waals surface area contributed by atoms with E-state index in [0.717, 1.165) is 37.5 Å². The molecule has 212 valence electrons. The molecule has 6 aliphatic rings. The standard InChI is InChI=1S/C16H27NO2.C15H25NO2.Na.H/c1-12-10-15(5)8-7-9-16(6,11-12)17(15)13(18)19-14(2,3)4;1-13(2,3)18-12(17)16-14(4)6-10-8-15(16,5)9-11(10)7-14;;/h1,7-11H2,2-6H3;10-11H,6-9H2,1-5H3;;/q;;+1;-1. The molecule has 38 heavy (non-hydrogen) atoms. The van der Waals surface area contributed by atoms with Gasteiger partial charge in [-0.05, 0) is 139 Å². The van der Waals surface area contributed by atoms with Crippen LogP contribution in [0.2, 0.25) is 0 Å². The number of nitrogens with zero attached hydrogens (tertiary/aromatic N) is 2. The summed E-state index contributed by atoms with van der Waals surface area (Å²) < 4.78 is 11.3. The number of fused-ring (bicyclic) bond motifs is 2. The van der Waals surface area contributed by atoms with Gasteiger partial charge < -0.3 is 10.9 Å². The normalized spacial score (nSPS) is 39.3. The minimum absolute atomic E-state index is 0. The predicted molar refractivity (Wildman–Crippen MR) is 149 cm³/mol. The smallest absolute Gasteiger partial charge is 1.00 e. The molecule has 0 spiro atoms. The number of carbonyl (C=O) groups excluding carboxylic acids is 2. The van der Waals surface area contributed by atoms with Crippen molar-refractivity contribution in [3.8, 4) is 0 Å². The van der Waals surface area contributed by atoms with Gasteiger partial charge in [-0.1, -0.05) is 12.2 Å². The first-order chi connectivity index (χ1) is 16.7. The second-order valence-electron chi connectivity index (χ2n) is 15.9. The summed E-state index contributed by atoms with van der Waals surface area (Å²) in [6.07, 6.45) is 9.50. The molecule has 2 unspecified atom stereocenters. The molecule has 2 amide bonds. The Morgan fingerprint density at radius 3 is 1.37 bits per heavy atom. The third kappa shape index (κ3) is 5.98. The average Bonchev–Trinajstić information content (AvgIpc) is 3.00. The van der Waals surface area contributed by atoms with Crippen molar-refractivity contribution in [1.29, 1.82) is 0 Å². The van der Waals surface area contributed by atoms with Gasteiger partial charge in [-0.3, -0.25) is 9.80 Å². The molecule has 2 saturated carbocycles. The zero-order valence-electron chi connectivity index (χ0n) is 27.3. The van der Waals surface area contributed by atoms with E-state index >= 15 is 0 Å². The van der Waals surface area contributed by atoms with Gasteiger partial charge in [0, 0.05) is 22.2 Å². The van der Waals surface area contributed by atoms with Crippen LogP contribution in [0, 0.1) is 11.8 Å². The van der Waals surface area contributed by atoms with Crippen molar-refractivity contribution >= 4 is 12.2 Å². The van der Waals surface area contributed by atoms with Crippen LogP contribution >= 0.6 is 0 Å². The maximum Gasteiger partial charge on any atom is 1.00 e. The SMILES string of the molecule is C=C1CC2(C)CCCC(C)(C1)N2C(=O)OC(C)(C)C.CC(C)(C)OC(=O)N1C2(C)CC3CC1(C)CC3C2.[H-].[Na+]. The van der Waals surface area contributed by atoms with Crippen LogP contribution in [0.3, 0.4) is 0 Å². The molecule has 0 radical (unpaired) electrons. The minimum atomic E-state index is -0.438. The van der Waals surface area contributed by atoms with E-state index in [9.17, 15) is 9.59 Å². The van der Waals surface area contributed by atoms with Gasteiger partial charge in [-0.15, -0.1) is 0 Å². The van der Waals surface area contributed by atoms with E-state index < -0.39 is 11.2 Å². The van der Waals surface area contributed by atoms with Crippen LogP contribution in [-0.2, 0) is 9.47 Å². The van der Waals surface area contributed by atoms with Gasteiger partial charge in [0.05, 0.1) is 0 Å². The molecule has 0 N–H and O–H groups in total. The quantitative estimate of drug-likeness (QED) is 0.322. The number of hydrogen-bond donors (Lipinski definition) is 0. The summed E-state index contributed by atoms with van der Waals surface area (Å²) in [6, 6.07) is 0. The average molecular weight is 541 g/mol. The van der Waals surface area contributed by atoms with Crippen molar-refractivity contribution in [3.63, 3.8) is 0 Å². The van der Waals surface area contributed by atoms with E-state index in [1.807, 2.05) is 46.4 Å². The molecule has 6 fully saturated rings. The summed E-state index contributed by atoms with van der Waals surface area (Å²) in [6.45, 7) is 24.6. The van der Waals surface area contributed by atoms with Crippen LogP contribution in [-0.4, -0.2) is 55.3 Å². The summed E-state index contributed by atoms with van der Waals surface area (Å²) in [5.74, 6) is 1.69. The molecule has 2 atom stereocenters. The van der Waals surface area contributed by atoms with Gasteiger partial charge in [0.2, 0.25) is 0 Å². The van der Waals surface area contributed by atoms with Crippen molar-refractivity contribution in [2.75, 3.05) is 0 Å². The first kappa shape index (κ1) is 31.8. The molecule has 6 nitrogen and oxygen atoms in total. The van der Waals surface area contributed by atoms with E-state index in [1.165, 1.54) is 37.7 Å². The Morgan fingerprint density at radius 2 is 1.05 bits per heavy atom. The minimum Gasteiger partial charge on any atom is -1.00 e. The van der Waals surface area contributed by atoms with Crippen molar-refractivity contribution in [3.05, 3.63) is 12.2 Å². The molecule has 4 saturated heterocycles. The van der Waals surface area contributed by atoms with Crippen LogP contribution in [0.5, 0.6) is 0 Å². The first-order valence-electron chi connectivity index (χ1n) is 14.4. The second kappa shape index (κ2) is 9.98. The topological polar surface area (TPSA) is 59.1 Å². The van der Waals surface area contributed by atoms with Crippen LogP contribution in [0.15, 0.2) is 12.2 Å². The fourth-order valence-corrected chi connectivity index (χ4v) is 8.95. The fourth-order valence-electron chi connectivity index (χ4n) is 8.95. The second-order valence-corrected chi connectivity index (χ2v) is 15.9. The molecule has 4 aliphatic heterocycles. The Balaban J connectivity index is 0.000000260. The van der Waals surface area contributed by atoms with Crippen LogP contribution in [0.4, 0.5) is 9.59 Å². The maximum absolute atomic E-state index is 12.6. The molecule has 7 heteroatoms. The van der Waals surface area contributed by atoms with Gasteiger partial charge in [-0.2, -0.15) is 0 Å². The summed E-state index contributed by atoms with van der Waals surface area (Å²) in [7, 11) is 0. The summed E-state index contributed by atoms with van der Waals surface area (Å²) >= 11 is 0. The molecule has 0 aromatic carbocycles. The van der Waals surface area contributed by atoms with E-state index in [2.05, 4.69) is 39.2 Å². The fraction of sp³-hybridized carbons (Fsp3) is 0.871. The van der Waals surface area contributed by atoms with Crippen molar-refractivity contribution in [1.82, 2.24) is 9.80 Å². The Hall–Kier alpha value is -0.720. The first-order valence-corrected chi connectivity index (χ1v) is 14.4. The van der Waals surface area contributed by atoms with Crippen molar-refractivity contribution < 1.29 is 50.0 Å². The number of hydrogen-bond acceptors (Lipinski definition) is 4. The number of rotatable bonds is 0. The zero-order valence-corrected chi connectivity index (χ0v) is 28.3. The maximum atomic E-state index is 12.6.